The molecule has 0 bridgehead atoms. The molecule has 30 heavy (non-hydrogen) atoms. The Labute approximate surface area is 180 Å². The molecule has 0 aromatic carbocycles. The second-order valence-corrected chi connectivity index (χ2v) is 11.2. The molecule has 3 fully saturated rings. The fourth-order valence-electron chi connectivity index (χ4n) is 4.97. The van der Waals surface area contributed by atoms with Crippen molar-refractivity contribution in [1.29, 1.82) is 0 Å². The lowest BCUT2D eigenvalue weighted by atomic mass is 9.65. The number of likely N-dealkylation sites (tertiary alicyclic amines) is 1. The first-order chi connectivity index (χ1) is 13.9. The van der Waals surface area contributed by atoms with Crippen LogP contribution in [0.15, 0.2) is 12.4 Å². The molecule has 7 nitrogen and oxygen atoms in total. The zero-order chi connectivity index (χ0) is 21.9. The minimum atomic E-state index is -0.805. The number of amides is 1. The molecule has 1 amide bonds. The SMILES string of the molecule is CC(C)(Cn1cc(C2(B3OC(C)(C)C(C)(C)O3)CC2)cn1)C1CCN(C(=O)O)CC1. The summed E-state index contributed by atoms with van der Waals surface area (Å²) in [6.45, 7) is 15.0. The van der Waals surface area contributed by atoms with Crippen LogP contribution in [0.25, 0.3) is 0 Å². The van der Waals surface area contributed by atoms with Crippen LogP contribution in [0.3, 0.4) is 0 Å². The van der Waals surface area contributed by atoms with Gasteiger partial charge in [-0.1, -0.05) is 13.8 Å². The smallest absolute Gasteiger partial charge is 0.465 e. The Morgan fingerprint density at radius 1 is 1.20 bits per heavy atom. The number of nitrogens with zero attached hydrogens (tertiary/aromatic N) is 3. The van der Waals surface area contributed by atoms with Crippen LogP contribution in [0.1, 0.15) is 72.8 Å². The van der Waals surface area contributed by atoms with Crippen LogP contribution in [0.5, 0.6) is 0 Å². The van der Waals surface area contributed by atoms with Crippen LogP contribution < -0.4 is 0 Å². The Morgan fingerprint density at radius 2 is 1.77 bits per heavy atom. The number of piperidine rings is 1. The first kappa shape index (κ1) is 21.7. The van der Waals surface area contributed by atoms with Gasteiger partial charge in [0, 0.05) is 31.1 Å². The van der Waals surface area contributed by atoms with Crippen LogP contribution in [0.2, 0.25) is 0 Å². The van der Waals surface area contributed by atoms with Gasteiger partial charge in [0.2, 0.25) is 0 Å². The quantitative estimate of drug-likeness (QED) is 0.734. The fourth-order valence-corrected chi connectivity index (χ4v) is 4.97. The number of rotatable bonds is 5. The third kappa shape index (κ3) is 3.66. The summed E-state index contributed by atoms with van der Waals surface area (Å²) in [5.74, 6) is 0.485. The Balaban J connectivity index is 1.43. The highest BCUT2D eigenvalue weighted by Gasteiger charge is 2.65. The van der Waals surface area contributed by atoms with Crippen molar-refractivity contribution in [3.8, 4) is 0 Å². The van der Waals surface area contributed by atoms with E-state index < -0.39 is 6.09 Å². The number of carbonyl (C=O) groups is 1. The second-order valence-electron chi connectivity index (χ2n) is 11.2. The molecule has 0 unspecified atom stereocenters. The molecule has 8 heteroatoms. The van der Waals surface area contributed by atoms with Crippen molar-refractivity contribution in [3.05, 3.63) is 18.0 Å². The van der Waals surface area contributed by atoms with Gasteiger partial charge in [-0.2, -0.15) is 5.10 Å². The maximum atomic E-state index is 11.2. The molecule has 4 rings (SSSR count). The van der Waals surface area contributed by atoms with Crippen LogP contribution in [0.4, 0.5) is 4.79 Å². The van der Waals surface area contributed by atoms with Gasteiger partial charge in [-0.3, -0.25) is 4.68 Å². The van der Waals surface area contributed by atoms with Crippen LogP contribution in [0, 0.1) is 11.3 Å². The maximum absolute atomic E-state index is 11.2. The van der Waals surface area contributed by atoms with Crippen molar-refractivity contribution in [3.63, 3.8) is 0 Å². The molecule has 3 heterocycles. The van der Waals surface area contributed by atoms with Gasteiger partial charge < -0.3 is 19.3 Å². The van der Waals surface area contributed by atoms with Gasteiger partial charge in [0.05, 0.1) is 17.4 Å². The summed E-state index contributed by atoms with van der Waals surface area (Å²) in [6.07, 6.45) is 7.30. The molecule has 1 aromatic rings. The summed E-state index contributed by atoms with van der Waals surface area (Å²) in [4.78, 5) is 12.7. The first-order valence-electron chi connectivity index (χ1n) is 11.2. The normalized spacial score (nSPS) is 25.5. The number of hydrogen-bond donors (Lipinski definition) is 1. The molecule has 0 radical (unpaired) electrons. The lowest BCUT2D eigenvalue weighted by Crippen LogP contribution is -2.42. The Hall–Kier alpha value is -1.54. The van der Waals surface area contributed by atoms with Gasteiger partial charge in [-0.05, 0) is 70.3 Å². The van der Waals surface area contributed by atoms with Gasteiger partial charge in [-0.25, -0.2) is 4.79 Å². The summed E-state index contributed by atoms with van der Waals surface area (Å²) in [5.41, 5.74) is 0.610. The number of carboxylic acid groups (broad SMARTS) is 1. The monoisotopic (exact) mass is 417 g/mol. The molecule has 2 aliphatic heterocycles. The Bertz CT molecular complexity index is 791. The van der Waals surface area contributed by atoms with E-state index in [1.54, 1.807) is 0 Å². The average Bonchev–Trinajstić information content (AvgIpc) is 3.27. The summed E-state index contributed by atoms with van der Waals surface area (Å²) < 4.78 is 14.8. The van der Waals surface area contributed by atoms with Crippen molar-refractivity contribution in [2.75, 3.05) is 13.1 Å². The van der Waals surface area contributed by atoms with Gasteiger partial charge in [0.15, 0.2) is 0 Å². The minimum absolute atomic E-state index is 0.0505. The summed E-state index contributed by atoms with van der Waals surface area (Å²) in [5, 5.41) is 13.8. The molecular formula is C22H36BN3O4. The lowest BCUT2D eigenvalue weighted by molar-refractivity contribution is 0.00578. The minimum Gasteiger partial charge on any atom is -0.465 e. The zero-order valence-corrected chi connectivity index (χ0v) is 19.3. The lowest BCUT2D eigenvalue weighted by Gasteiger charge is -2.39. The third-order valence-corrected chi connectivity index (χ3v) is 8.14. The van der Waals surface area contributed by atoms with Crippen molar-refractivity contribution < 1.29 is 19.2 Å². The van der Waals surface area contributed by atoms with E-state index >= 15 is 0 Å². The van der Waals surface area contributed by atoms with E-state index in [2.05, 4.69) is 52.4 Å². The Kier molecular flexibility index (Phi) is 5.05. The van der Waals surface area contributed by atoms with E-state index in [1.165, 1.54) is 10.5 Å². The largest absolute Gasteiger partial charge is 0.469 e. The predicted octanol–water partition coefficient (Wildman–Crippen LogP) is 3.96. The summed E-state index contributed by atoms with van der Waals surface area (Å²) in [7, 11) is -0.228. The molecule has 166 valence electrons. The van der Waals surface area contributed by atoms with Crippen molar-refractivity contribution >= 4 is 13.2 Å². The number of hydrogen-bond acceptors (Lipinski definition) is 4. The van der Waals surface area contributed by atoms with Gasteiger partial charge in [-0.15, -0.1) is 0 Å². The molecule has 1 aromatic heterocycles. The standard InChI is InChI=1S/C22H36BN3O4/c1-19(2,16-7-11-25(12-8-16)18(27)28)15-26-14-17(13-24-26)22(9-10-22)23-29-20(3,4)21(5,6)30-23/h13-14,16H,7-12,15H2,1-6H3,(H,27,28). The van der Waals surface area contributed by atoms with E-state index in [9.17, 15) is 9.90 Å². The molecule has 1 saturated carbocycles. The molecule has 3 aliphatic rings. The fraction of sp³-hybridized carbons (Fsp3) is 0.818. The average molecular weight is 417 g/mol. The highest BCUT2D eigenvalue weighted by molar-refractivity contribution is 6.51. The topological polar surface area (TPSA) is 76.8 Å². The highest BCUT2D eigenvalue weighted by atomic mass is 16.7. The molecule has 2 saturated heterocycles. The third-order valence-electron chi connectivity index (χ3n) is 8.14. The van der Waals surface area contributed by atoms with Crippen LogP contribution >= 0.6 is 0 Å². The van der Waals surface area contributed by atoms with Gasteiger partial charge >= 0.3 is 13.2 Å². The van der Waals surface area contributed by atoms with E-state index in [-0.39, 0.29) is 29.0 Å². The van der Waals surface area contributed by atoms with E-state index in [0.717, 1.165) is 32.2 Å². The number of aromatic nitrogens is 2. The van der Waals surface area contributed by atoms with Crippen LogP contribution in [-0.2, 0) is 21.2 Å². The van der Waals surface area contributed by atoms with E-state index in [0.29, 0.717) is 19.0 Å². The van der Waals surface area contributed by atoms with Crippen molar-refractivity contribution in [2.45, 2.75) is 90.3 Å². The Morgan fingerprint density at radius 3 is 2.27 bits per heavy atom. The van der Waals surface area contributed by atoms with Crippen molar-refractivity contribution in [1.82, 2.24) is 14.7 Å². The summed E-state index contributed by atoms with van der Waals surface area (Å²) >= 11 is 0. The molecule has 0 spiro atoms. The molecular weight excluding hydrogens is 381 g/mol. The highest BCUT2D eigenvalue weighted by Crippen LogP contribution is 2.55. The van der Waals surface area contributed by atoms with E-state index in [4.69, 9.17) is 14.4 Å². The molecule has 0 atom stereocenters. The predicted molar refractivity (Wildman–Crippen MR) is 115 cm³/mol. The second kappa shape index (κ2) is 6.99. The maximum Gasteiger partial charge on any atom is 0.469 e. The molecule has 1 aliphatic carbocycles. The van der Waals surface area contributed by atoms with Gasteiger partial charge in [0.1, 0.15) is 0 Å². The van der Waals surface area contributed by atoms with Crippen molar-refractivity contribution in [2.24, 2.45) is 11.3 Å². The van der Waals surface area contributed by atoms with Gasteiger partial charge in [0.25, 0.3) is 0 Å². The first-order valence-corrected chi connectivity index (χ1v) is 11.2. The van der Waals surface area contributed by atoms with Crippen LogP contribution in [-0.4, -0.2) is 57.3 Å². The van der Waals surface area contributed by atoms with E-state index in [1.807, 2.05) is 6.20 Å². The summed E-state index contributed by atoms with van der Waals surface area (Å²) in [6, 6.07) is 0. The molecule has 1 N–H and O–H groups in total. The zero-order valence-electron chi connectivity index (χ0n) is 19.3.